The molecule has 0 aliphatic carbocycles. The largest absolute Gasteiger partial charge is 0.310 e. The minimum Gasteiger partial charge on any atom is -0.310 e. The van der Waals surface area contributed by atoms with Crippen LogP contribution in [0.2, 0.25) is 0 Å². The number of benzene rings is 3. The second kappa shape index (κ2) is 8.81. The summed E-state index contributed by atoms with van der Waals surface area (Å²) in [6.07, 6.45) is 4.53. The highest BCUT2D eigenvalue weighted by Crippen LogP contribution is 2.36. The zero-order valence-electron chi connectivity index (χ0n) is 14.4. The van der Waals surface area contributed by atoms with Gasteiger partial charge in [0.2, 0.25) is 18.2 Å². The summed E-state index contributed by atoms with van der Waals surface area (Å²) >= 11 is 0. The van der Waals surface area contributed by atoms with Crippen molar-refractivity contribution in [3.8, 4) is 0 Å². The van der Waals surface area contributed by atoms with Crippen LogP contribution in [-0.4, -0.2) is 18.2 Å². The number of hydrogen-bond donors (Lipinski definition) is 0. The number of aliphatic imine (C=N–C) groups is 3. The molecule has 134 valence electrons. The van der Waals surface area contributed by atoms with Crippen LogP contribution in [0.4, 0.5) is 34.1 Å². The van der Waals surface area contributed by atoms with Gasteiger partial charge in [-0.1, -0.05) is 0 Å². The van der Waals surface area contributed by atoms with Gasteiger partial charge in [0.1, 0.15) is 0 Å². The average Bonchev–Trinajstić information content (AvgIpc) is 2.73. The monoisotopic (exact) mass is 368 g/mol. The van der Waals surface area contributed by atoms with E-state index in [1.165, 1.54) is 18.2 Å². The first-order chi connectivity index (χ1) is 13.7. The van der Waals surface area contributed by atoms with Gasteiger partial charge < -0.3 is 4.90 Å². The summed E-state index contributed by atoms with van der Waals surface area (Å²) in [7, 11) is 0. The van der Waals surface area contributed by atoms with Gasteiger partial charge in [0.25, 0.3) is 0 Å². The predicted molar refractivity (Wildman–Crippen MR) is 104 cm³/mol. The van der Waals surface area contributed by atoms with Crippen molar-refractivity contribution >= 4 is 52.4 Å². The highest BCUT2D eigenvalue weighted by molar-refractivity contribution is 5.78. The molecule has 7 heteroatoms. The molecule has 7 nitrogen and oxygen atoms in total. The van der Waals surface area contributed by atoms with Gasteiger partial charge >= 0.3 is 0 Å². The minimum atomic E-state index is 0.491. The third-order valence-electron chi connectivity index (χ3n) is 3.85. The van der Waals surface area contributed by atoms with Crippen LogP contribution in [0.25, 0.3) is 0 Å². The van der Waals surface area contributed by atoms with E-state index >= 15 is 0 Å². The molecule has 0 spiro atoms. The van der Waals surface area contributed by atoms with Gasteiger partial charge in [0.05, 0.1) is 17.1 Å². The van der Waals surface area contributed by atoms with Crippen molar-refractivity contribution in [3.05, 3.63) is 72.8 Å². The molecule has 3 rings (SSSR count). The Labute approximate surface area is 160 Å². The molecule has 0 aromatic heterocycles. The van der Waals surface area contributed by atoms with Crippen LogP contribution < -0.4 is 4.90 Å². The van der Waals surface area contributed by atoms with Crippen molar-refractivity contribution in [1.82, 2.24) is 0 Å². The lowest BCUT2D eigenvalue weighted by atomic mass is 10.1. The van der Waals surface area contributed by atoms with E-state index in [9.17, 15) is 14.4 Å². The van der Waals surface area contributed by atoms with Crippen molar-refractivity contribution in [1.29, 1.82) is 0 Å². The van der Waals surface area contributed by atoms with Gasteiger partial charge in [-0.25, -0.2) is 14.4 Å². The summed E-state index contributed by atoms with van der Waals surface area (Å²) in [6, 6.07) is 21.1. The van der Waals surface area contributed by atoms with Crippen molar-refractivity contribution in [2.45, 2.75) is 0 Å². The summed E-state index contributed by atoms with van der Waals surface area (Å²) in [4.78, 5) is 44.0. The minimum absolute atomic E-state index is 0.491. The third-order valence-corrected chi connectivity index (χ3v) is 3.85. The van der Waals surface area contributed by atoms with Crippen LogP contribution in [0, 0.1) is 0 Å². The zero-order valence-corrected chi connectivity index (χ0v) is 14.4. The fourth-order valence-corrected chi connectivity index (χ4v) is 2.63. The quantitative estimate of drug-likeness (QED) is 0.449. The number of hydrogen-bond acceptors (Lipinski definition) is 7. The van der Waals surface area contributed by atoms with E-state index < -0.39 is 0 Å². The molecule has 0 radical (unpaired) electrons. The molecule has 0 bridgehead atoms. The molecule has 0 N–H and O–H groups in total. The number of isocyanates is 3. The van der Waals surface area contributed by atoms with Crippen molar-refractivity contribution in [2.24, 2.45) is 15.0 Å². The van der Waals surface area contributed by atoms with Gasteiger partial charge in [-0.3, -0.25) is 0 Å². The Morgan fingerprint density at radius 2 is 0.714 bits per heavy atom. The molecule has 0 saturated carbocycles. The van der Waals surface area contributed by atoms with E-state index in [4.69, 9.17) is 0 Å². The Morgan fingerprint density at radius 1 is 0.464 bits per heavy atom. The highest BCUT2D eigenvalue weighted by Gasteiger charge is 2.12. The SMILES string of the molecule is O=C=Nc1ccc(N(c2ccc(N=C=O)cc2)c2ccc(N=C=O)cc2)cc1. The molecule has 3 aromatic carbocycles. The number of carbonyl (C=O) groups excluding carboxylic acids is 3. The lowest BCUT2D eigenvalue weighted by molar-refractivity contribution is 0.564. The second-order valence-corrected chi connectivity index (χ2v) is 5.49. The summed E-state index contributed by atoms with van der Waals surface area (Å²) < 4.78 is 0. The first-order valence-corrected chi connectivity index (χ1v) is 8.09. The molecule has 0 saturated heterocycles. The standard InChI is InChI=1S/C21H12N4O3/c26-13-22-16-1-7-19(8-2-16)25(20-9-3-17(4-10-20)23-14-27)21-11-5-18(6-12-21)24-15-28/h1-12H. The van der Waals surface area contributed by atoms with E-state index in [1.54, 1.807) is 36.4 Å². The van der Waals surface area contributed by atoms with Gasteiger partial charge in [0, 0.05) is 17.1 Å². The normalized spacial score (nSPS) is 9.43. The molecule has 0 amide bonds. The van der Waals surface area contributed by atoms with Gasteiger partial charge in [-0.05, 0) is 72.8 Å². The smallest absolute Gasteiger partial charge is 0.240 e. The Kier molecular flexibility index (Phi) is 5.79. The lowest BCUT2D eigenvalue weighted by Crippen LogP contribution is -2.09. The maximum Gasteiger partial charge on any atom is 0.240 e. The first-order valence-electron chi connectivity index (χ1n) is 8.09. The van der Waals surface area contributed by atoms with Crippen molar-refractivity contribution in [2.75, 3.05) is 4.90 Å². The summed E-state index contributed by atoms with van der Waals surface area (Å²) in [6.45, 7) is 0. The van der Waals surface area contributed by atoms with Crippen LogP contribution in [0.5, 0.6) is 0 Å². The van der Waals surface area contributed by atoms with Crippen molar-refractivity contribution < 1.29 is 14.4 Å². The van der Waals surface area contributed by atoms with E-state index in [0.717, 1.165) is 17.1 Å². The van der Waals surface area contributed by atoms with E-state index in [2.05, 4.69) is 15.0 Å². The molecule has 0 aliphatic rings. The summed E-state index contributed by atoms with van der Waals surface area (Å²) in [5.74, 6) is 0. The molecule has 0 atom stereocenters. The molecular formula is C21H12N4O3. The summed E-state index contributed by atoms with van der Waals surface area (Å²) in [5, 5.41) is 0. The van der Waals surface area contributed by atoms with Crippen molar-refractivity contribution in [3.63, 3.8) is 0 Å². The first kappa shape index (κ1) is 18.4. The average molecular weight is 368 g/mol. The Balaban J connectivity index is 2.07. The number of nitrogens with zero attached hydrogens (tertiary/aromatic N) is 4. The lowest BCUT2D eigenvalue weighted by Gasteiger charge is -2.25. The van der Waals surface area contributed by atoms with Gasteiger partial charge in [-0.2, -0.15) is 15.0 Å². The Bertz CT molecular complexity index is 958. The third kappa shape index (κ3) is 4.22. The Hall–Kier alpha value is -4.40. The molecule has 0 unspecified atom stereocenters. The van der Waals surface area contributed by atoms with Gasteiger partial charge in [0.15, 0.2) is 0 Å². The number of anilines is 3. The fourth-order valence-electron chi connectivity index (χ4n) is 2.63. The zero-order chi connectivity index (χ0) is 19.8. The van der Waals surface area contributed by atoms with E-state index in [1.807, 2.05) is 41.3 Å². The molecule has 0 aliphatic heterocycles. The Morgan fingerprint density at radius 3 is 0.929 bits per heavy atom. The molecule has 0 heterocycles. The molecule has 0 fully saturated rings. The van der Waals surface area contributed by atoms with E-state index in [0.29, 0.717) is 17.1 Å². The maximum absolute atomic E-state index is 10.4. The highest BCUT2D eigenvalue weighted by atomic mass is 16.1. The van der Waals surface area contributed by atoms with E-state index in [-0.39, 0.29) is 0 Å². The fraction of sp³-hybridized carbons (Fsp3) is 0. The topological polar surface area (TPSA) is 91.5 Å². The maximum atomic E-state index is 10.4. The predicted octanol–water partition coefficient (Wildman–Crippen LogP) is 5.06. The molecular weight excluding hydrogens is 356 g/mol. The van der Waals surface area contributed by atoms with Crippen LogP contribution >= 0.6 is 0 Å². The molecule has 3 aromatic rings. The van der Waals surface area contributed by atoms with Crippen LogP contribution in [-0.2, 0) is 14.4 Å². The van der Waals surface area contributed by atoms with Gasteiger partial charge in [-0.15, -0.1) is 0 Å². The molecule has 28 heavy (non-hydrogen) atoms. The summed E-state index contributed by atoms with van der Waals surface area (Å²) in [5.41, 5.74) is 3.90. The van der Waals surface area contributed by atoms with Crippen LogP contribution in [0.3, 0.4) is 0 Å². The van der Waals surface area contributed by atoms with Crippen LogP contribution in [0.1, 0.15) is 0 Å². The second-order valence-electron chi connectivity index (χ2n) is 5.49. The number of rotatable bonds is 6. The van der Waals surface area contributed by atoms with Crippen LogP contribution in [0.15, 0.2) is 87.8 Å².